The van der Waals surface area contributed by atoms with E-state index >= 15 is 0 Å². The van der Waals surface area contributed by atoms with Crippen LogP contribution in [0.2, 0.25) is 0 Å². The van der Waals surface area contributed by atoms with Crippen LogP contribution in [0.5, 0.6) is 0 Å². The van der Waals surface area contributed by atoms with Crippen molar-refractivity contribution in [1.82, 2.24) is 9.97 Å². The first kappa shape index (κ1) is 13.5. The highest BCUT2D eigenvalue weighted by Gasteiger charge is 2.14. The highest BCUT2D eigenvalue weighted by molar-refractivity contribution is 7.15. The van der Waals surface area contributed by atoms with Gasteiger partial charge in [0.15, 0.2) is 10.8 Å². The number of thiazole rings is 1. The fourth-order valence-corrected chi connectivity index (χ4v) is 2.93. The van der Waals surface area contributed by atoms with Gasteiger partial charge in [-0.2, -0.15) is 0 Å². The molecule has 0 unspecified atom stereocenters. The number of hydrogen-bond donors (Lipinski definition) is 2. The van der Waals surface area contributed by atoms with Crippen LogP contribution in [0.25, 0.3) is 10.9 Å². The van der Waals surface area contributed by atoms with Crippen molar-refractivity contribution in [3.8, 4) is 0 Å². The van der Waals surface area contributed by atoms with Crippen molar-refractivity contribution in [3.05, 3.63) is 46.6 Å². The third-order valence-corrected chi connectivity index (χ3v) is 3.99. The molecule has 0 saturated heterocycles. The number of rotatable bonds is 3. The number of aromatic nitrogens is 2. The third-order valence-electron chi connectivity index (χ3n) is 3.10. The average molecular weight is 299 g/mol. The number of benzene rings is 1. The molecule has 5 nitrogen and oxygen atoms in total. The maximum absolute atomic E-state index is 11.0. The van der Waals surface area contributed by atoms with Gasteiger partial charge in [-0.05, 0) is 26.0 Å². The lowest BCUT2D eigenvalue weighted by Crippen LogP contribution is -1.99. The van der Waals surface area contributed by atoms with Gasteiger partial charge in [-0.15, -0.1) is 11.3 Å². The van der Waals surface area contributed by atoms with Crippen LogP contribution in [0.1, 0.15) is 21.1 Å². The van der Waals surface area contributed by atoms with Crippen molar-refractivity contribution >= 4 is 39.0 Å². The molecule has 106 valence electrons. The highest BCUT2D eigenvalue weighted by Crippen LogP contribution is 2.29. The molecule has 0 amide bonds. The van der Waals surface area contributed by atoms with E-state index in [1.54, 1.807) is 6.92 Å². The van der Waals surface area contributed by atoms with Crippen LogP contribution in [-0.4, -0.2) is 21.0 Å². The lowest BCUT2D eigenvalue weighted by Gasteiger charge is -2.07. The van der Waals surface area contributed by atoms with Gasteiger partial charge in [0, 0.05) is 16.0 Å². The normalized spacial score (nSPS) is 10.8. The van der Waals surface area contributed by atoms with Crippen molar-refractivity contribution < 1.29 is 9.90 Å². The van der Waals surface area contributed by atoms with E-state index in [9.17, 15) is 4.79 Å². The number of anilines is 2. The van der Waals surface area contributed by atoms with Gasteiger partial charge in [0.2, 0.25) is 0 Å². The van der Waals surface area contributed by atoms with Crippen molar-refractivity contribution in [2.24, 2.45) is 0 Å². The maximum atomic E-state index is 11.0. The maximum Gasteiger partial charge on any atom is 0.355 e. The van der Waals surface area contributed by atoms with Crippen LogP contribution in [0.15, 0.2) is 30.3 Å². The summed E-state index contributed by atoms with van der Waals surface area (Å²) >= 11 is 1.32. The van der Waals surface area contributed by atoms with Gasteiger partial charge in [-0.3, -0.25) is 4.98 Å². The van der Waals surface area contributed by atoms with Crippen LogP contribution in [-0.2, 0) is 0 Å². The largest absolute Gasteiger partial charge is 0.476 e. The minimum Gasteiger partial charge on any atom is -0.476 e. The molecule has 0 bridgehead atoms. The van der Waals surface area contributed by atoms with Crippen molar-refractivity contribution in [3.63, 3.8) is 0 Å². The summed E-state index contributed by atoms with van der Waals surface area (Å²) in [6.45, 7) is 3.68. The molecular formula is C15H13N3O2S. The number of nitrogens with zero attached hydrogens (tertiary/aromatic N) is 2. The molecule has 0 aliphatic carbocycles. The molecule has 0 saturated carbocycles. The minimum atomic E-state index is -1.01. The summed E-state index contributed by atoms with van der Waals surface area (Å²) in [6.07, 6.45) is 0. The first-order valence-corrected chi connectivity index (χ1v) is 7.20. The van der Waals surface area contributed by atoms with E-state index in [1.807, 2.05) is 37.3 Å². The van der Waals surface area contributed by atoms with E-state index < -0.39 is 5.97 Å². The molecule has 2 aromatic heterocycles. The van der Waals surface area contributed by atoms with E-state index in [1.165, 1.54) is 11.3 Å². The van der Waals surface area contributed by atoms with Crippen molar-refractivity contribution in [1.29, 1.82) is 0 Å². The molecule has 2 heterocycles. The highest BCUT2D eigenvalue weighted by atomic mass is 32.1. The van der Waals surface area contributed by atoms with E-state index in [-0.39, 0.29) is 5.69 Å². The van der Waals surface area contributed by atoms with Crippen molar-refractivity contribution in [2.75, 3.05) is 5.32 Å². The van der Waals surface area contributed by atoms with Crippen LogP contribution in [0.3, 0.4) is 0 Å². The number of carboxylic acids is 1. The Bertz CT molecular complexity index is 842. The standard InChI is InChI=1S/C15H13N3O2S/c1-8-6-7-10-4-3-5-11(13(10)16-8)17-15-18-12(14(19)20)9(2)21-15/h3-7H,1-2H3,(H,17,18)(H,19,20). The number of carbonyl (C=O) groups is 1. The number of hydrogen-bond acceptors (Lipinski definition) is 5. The Morgan fingerprint density at radius 3 is 2.71 bits per heavy atom. The van der Waals surface area contributed by atoms with E-state index in [4.69, 9.17) is 5.11 Å². The second-order valence-electron chi connectivity index (χ2n) is 4.68. The first-order valence-electron chi connectivity index (χ1n) is 6.39. The summed E-state index contributed by atoms with van der Waals surface area (Å²) < 4.78 is 0. The van der Waals surface area contributed by atoms with Gasteiger partial charge in [0.25, 0.3) is 0 Å². The predicted octanol–water partition coefficient (Wildman–Crippen LogP) is 3.75. The Hall–Kier alpha value is -2.47. The minimum absolute atomic E-state index is 0.0897. The molecule has 21 heavy (non-hydrogen) atoms. The molecule has 6 heteroatoms. The molecular weight excluding hydrogens is 286 g/mol. The predicted molar refractivity (Wildman–Crippen MR) is 83.6 cm³/mol. The van der Waals surface area contributed by atoms with Crippen LogP contribution in [0.4, 0.5) is 10.8 Å². The third kappa shape index (κ3) is 2.57. The van der Waals surface area contributed by atoms with Crippen LogP contribution >= 0.6 is 11.3 Å². The Labute approximate surface area is 125 Å². The summed E-state index contributed by atoms with van der Waals surface area (Å²) in [5.41, 5.74) is 2.69. The summed E-state index contributed by atoms with van der Waals surface area (Å²) in [7, 11) is 0. The quantitative estimate of drug-likeness (QED) is 0.770. The number of para-hydroxylation sites is 1. The zero-order valence-corrected chi connectivity index (χ0v) is 12.4. The number of aryl methyl sites for hydroxylation is 2. The zero-order valence-electron chi connectivity index (χ0n) is 11.5. The van der Waals surface area contributed by atoms with Gasteiger partial charge < -0.3 is 10.4 Å². The summed E-state index contributed by atoms with van der Waals surface area (Å²) in [6, 6.07) is 9.80. The van der Waals surface area contributed by atoms with E-state index in [0.29, 0.717) is 10.0 Å². The molecule has 3 aromatic rings. The topological polar surface area (TPSA) is 75.1 Å². The Balaban J connectivity index is 2.04. The number of pyridine rings is 1. The number of carboxylic acid groups (broad SMARTS) is 1. The summed E-state index contributed by atoms with van der Waals surface area (Å²) in [4.78, 5) is 20.4. The van der Waals surface area contributed by atoms with E-state index in [2.05, 4.69) is 15.3 Å². The second-order valence-corrected chi connectivity index (χ2v) is 5.89. The zero-order chi connectivity index (χ0) is 15.0. The molecule has 1 aromatic carbocycles. The number of nitrogens with one attached hydrogen (secondary N) is 1. The van der Waals surface area contributed by atoms with E-state index in [0.717, 1.165) is 22.3 Å². The van der Waals surface area contributed by atoms with Gasteiger partial charge in [0.1, 0.15) is 0 Å². The second kappa shape index (κ2) is 5.14. The molecule has 0 fully saturated rings. The van der Waals surface area contributed by atoms with Gasteiger partial charge >= 0.3 is 5.97 Å². The Morgan fingerprint density at radius 2 is 2.00 bits per heavy atom. The molecule has 0 aliphatic rings. The summed E-state index contributed by atoms with van der Waals surface area (Å²) in [5, 5.41) is 13.8. The Kier molecular flexibility index (Phi) is 3.31. The first-order chi connectivity index (χ1) is 10.0. The Morgan fingerprint density at radius 1 is 1.19 bits per heavy atom. The summed E-state index contributed by atoms with van der Waals surface area (Å²) in [5.74, 6) is -1.01. The van der Waals surface area contributed by atoms with Gasteiger partial charge in [-0.25, -0.2) is 9.78 Å². The van der Waals surface area contributed by atoms with Crippen LogP contribution in [0, 0.1) is 13.8 Å². The van der Waals surface area contributed by atoms with Gasteiger partial charge in [0.05, 0.1) is 11.2 Å². The lowest BCUT2D eigenvalue weighted by atomic mass is 10.2. The van der Waals surface area contributed by atoms with Crippen molar-refractivity contribution in [2.45, 2.75) is 13.8 Å². The lowest BCUT2D eigenvalue weighted by molar-refractivity contribution is 0.0690. The number of fused-ring (bicyclic) bond motifs is 1. The average Bonchev–Trinajstić information content (AvgIpc) is 2.80. The SMILES string of the molecule is Cc1ccc2cccc(Nc3nc(C(=O)O)c(C)s3)c2n1. The molecule has 0 aliphatic heterocycles. The fraction of sp³-hybridized carbons (Fsp3) is 0.133. The van der Waals surface area contributed by atoms with Crippen LogP contribution < -0.4 is 5.32 Å². The molecule has 0 atom stereocenters. The monoisotopic (exact) mass is 299 g/mol. The number of aromatic carboxylic acids is 1. The molecule has 0 radical (unpaired) electrons. The van der Waals surface area contributed by atoms with Gasteiger partial charge in [-0.1, -0.05) is 18.2 Å². The molecule has 3 rings (SSSR count). The fourth-order valence-electron chi connectivity index (χ4n) is 2.11. The molecule has 0 spiro atoms. The smallest absolute Gasteiger partial charge is 0.355 e. The molecule has 2 N–H and O–H groups in total.